The second-order valence-electron chi connectivity index (χ2n) is 4.40. The van der Waals surface area contributed by atoms with Gasteiger partial charge in [0.1, 0.15) is 11.4 Å². The van der Waals surface area contributed by atoms with Crippen molar-refractivity contribution >= 4 is 15.9 Å². The minimum atomic E-state index is -0.975. The largest absolute Gasteiger partial charge is 0.465 e. The van der Waals surface area contributed by atoms with E-state index in [0.717, 1.165) is 11.0 Å². The Bertz CT molecular complexity index is 307. The van der Waals surface area contributed by atoms with Gasteiger partial charge in [-0.1, -0.05) is 13.8 Å². The molecule has 1 atom stereocenters. The first-order valence-corrected chi connectivity index (χ1v) is 5.89. The maximum Gasteiger partial charge on any atom is 0.150 e. The Balaban J connectivity index is 2.56. The standard InChI is InChI=1S/C11H18BrNO2/c1-8(2)6-13-7-11(3,14)10-9(12)4-5-15-10/h4-5,8,13-14H,6-7H2,1-3H3. The zero-order valence-electron chi connectivity index (χ0n) is 9.38. The molecule has 0 spiro atoms. The number of nitrogens with one attached hydrogen (secondary N) is 1. The van der Waals surface area contributed by atoms with Crippen LogP contribution in [0, 0.1) is 5.92 Å². The third kappa shape index (κ3) is 3.63. The summed E-state index contributed by atoms with van der Waals surface area (Å²) in [7, 11) is 0. The lowest BCUT2D eigenvalue weighted by Gasteiger charge is -2.22. The average Bonchev–Trinajstić information content (AvgIpc) is 2.50. The molecule has 1 unspecified atom stereocenters. The van der Waals surface area contributed by atoms with Gasteiger partial charge in [-0.2, -0.15) is 0 Å². The Morgan fingerprint density at radius 1 is 1.60 bits per heavy atom. The molecule has 1 aromatic rings. The molecule has 0 aliphatic carbocycles. The molecule has 0 aromatic carbocycles. The molecule has 0 fully saturated rings. The number of halogens is 1. The van der Waals surface area contributed by atoms with E-state index in [4.69, 9.17) is 4.42 Å². The zero-order chi connectivity index (χ0) is 11.5. The lowest BCUT2D eigenvalue weighted by Crippen LogP contribution is -2.36. The molecule has 1 aromatic heterocycles. The van der Waals surface area contributed by atoms with Crippen LogP contribution in [0.4, 0.5) is 0 Å². The fourth-order valence-corrected chi connectivity index (χ4v) is 1.99. The first-order valence-electron chi connectivity index (χ1n) is 5.10. The van der Waals surface area contributed by atoms with Crippen molar-refractivity contribution in [3.63, 3.8) is 0 Å². The van der Waals surface area contributed by atoms with Crippen LogP contribution in [0.1, 0.15) is 26.5 Å². The normalized spacial score (nSPS) is 15.6. The van der Waals surface area contributed by atoms with Crippen molar-refractivity contribution in [1.82, 2.24) is 5.32 Å². The van der Waals surface area contributed by atoms with Crippen LogP contribution >= 0.6 is 15.9 Å². The van der Waals surface area contributed by atoms with E-state index in [1.165, 1.54) is 0 Å². The SMILES string of the molecule is CC(C)CNCC(C)(O)c1occc1Br. The topological polar surface area (TPSA) is 45.4 Å². The molecule has 2 N–H and O–H groups in total. The highest BCUT2D eigenvalue weighted by molar-refractivity contribution is 9.10. The van der Waals surface area contributed by atoms with Crippen molar-refractivity contribution in [3.8, 4) is 0 Å². The molecule has 86 valence electrons. The van der Waals surface area contributed by atoms with Gasteiger partial charge in [-0.15, -0.1) is 0 Å². The molecule has 3 nitrogen and oxygen atoms in total. The number of hydrogen-bond acceptors (Lipinski definition) is 3. The molecule has 15 heavy (non-hydrogen) atoms. The molecular weight excluding hydrogens is 258 g/mol. The van der Waals surface area contributed by atoms with Crippen molar-refractivity contribution in [2.24, 2.45) is 5.92 Å². The van der Waals surface area contributed by atoms with Gasteiger partial charge in [0, 0.05) is 6.54 Å². The van der Waals surface area contributed by atoms with Gasteiger partial charge in [0.25, 0.3) is 0 Å². The van der Waals surface area contributed by atoms with E-state index in [9.17, 15) is 5.11 Å². The summed E-state index contributed by atoms with van der Waals surface area (Å²) in [5.41, 5.74) is -0.975. The average molecular weight is 276 g/mol. The number of furan rings is 1. The van der Waals surface area contributed by atoms with Crippen LogP contribution in [0.5, 0.6) is 0 Å². The monoisotopic (exact) mass is 275 g/mol. The first-order chi connectivity index (χ1) is 6.93. The van der Waals surface area contributed by atoms with E-state index in [2.05, 4.69) is 35.1 Å². The van der Waals surface area contributed by atoms with Crippen LogP contribution in [0.25, 0.3) is 0 Å². The second-order valence-corrected chi connectivity index (χ2v) is 5.25. The van der Waals surface area contributed by atoms with Crippen molar-refractivity contribution < 1.29 is 9.52 Å². The Labute approximate surface area is 99.0 Å². The van der Waals surface area contributed by atoms with Gasteiger partial charge in [0.15, 0.2) is 0 Å². The van der Waals surface area contributed by atoms with Crippen molar-refractivity contribution in [1.29, 1.82) is 0 Å². The molecule has 0 radical (unpaired) electrons. The highest BCUT2D eigenvalue weighted by Gasteiger charge is 2.28. The Kier molecular flexibility index (Phi) is 4.37. The summed E-state index contributed by atoms with van der Waals surface area (Å²) >= 11 is 3.34. The first kappa shape index (κ1) is 12.7. The van der Waals surface area contributed by atoms with E-state index in [1.54, 1.807) is 19.3 Å². The molecule has 0 bridgehead atoms. The quantitative estimate of drug-likeness (QED) is 0.868. The smallest absolute Gasteiger partial charge is 0.150 e. The molecule has 1 rings (SSSR count). The fraction of sp³-hybridized carbons (Fsp3) is 0.636. The van der Waals surface area contributed by atoms with Gasteiger partial charge in [-0.05, 0) is 41.4 Å². The van der Waals surface area contributed by atoms with Gasteiger partial charge in [-0.25, -0.2) is 0 Å². The molecule has 0 aliphatic rings. The summed E-state index contributed by atoms with van der Waals surface area (Å²) in [6, 6.07) is 1.78. The Morgan fingerprint density at radius 3 is 2.73 bits per heavy atom. The highest BCUT2D eigenvalue weighted by atomic mass is 79.9. The third-order valence-corrected chi connectivity index (χ3v) is 2.75. The van der Waals surface area contributed by atoms with Crippen LogP contribution in [-0.4, -0.2) is 18.2 Å². The fourth-order valence-electron chi connectivity index (χ4n) is 1.36. The van der Waals surface area contributed by atoms with Crippen LogP contribution in [0.15, 0.2) is 21.2 Å². The van der Waals surface area contributed by atoms with Gasteiger partial charge >= 0.3 is 0 Å². The van der Waals surface area contributed by atoms with Crippen molar-refractivity contribution in [2.45, 2.75) is 26.4 Å². The maximum absolute atomic E-state index is 10.2. The lowest BCUT2D eigenvalue weighted by molar-refractivity contribution is 0.0330. The molecule has 0 aliphatic heterocycles. The molecular formula is C11H18BrNO2. The third-order valence-electron chi connectivity index (χ3n) is 2.13. The van der Waals surface area contributed by atoms with E-state index in [0.29, 0.717) is 18.2 Å². The van der Waals surface area contributed by atoms with E-state index < -0.39 is 5.60 Å². The van der Waals surface area contributed by atoms with Crippen LogP contribution in [-0.2, 0) is 5.60 Å². The summed E-state index contributed by atoms with van der Waals surface area (Å²) in [5, 5.41) is 13.4. The van der Waals surface area contributed by atoms with Gasteiger partial charge in [0.05, 0.1) is 10.7 Å². The van der Waals surface area contributed by atoms with Crippen LogP contribution < -0.4 is 5.32 Å². The summed E-state index contributed by atoms with van der Waals surface area (Å²) in [4.78, 5) is 0. The van der Waals surface area contributed by atoms with Gasteiger partial charge < -0.3 is 14.8 Å². The molecule has 0 saturated heterocycles. The number of rotatable bonds is 5. The lowest BCUT2D eigenvalue weighted by atomic mass is 10.0. The van der Waals surface area contributed by atoms with Crippen LogP contribution in [0.2, 0.25) is 0 Å². The van der Waals surface area contributed by atoms with Crippen molar-refractivity contribution in [2.75, 3.05) is 13.1 Å². The summed E-state index contributed by atoms with van der Waals surface area (Å²) in [6.45, 7) is 7.37. The Morgan fingerprint density at radius 2 is 2.27 bits per heavy atom. The Hall–Kier alpha value is -0.320. The molecule has 0 amide bonds. The zero-order valence-corrected chi connectivity index (χ0v) is 11.0. The van der Waals surface area contributed by atoms with Crippen molar-refractivity contribution in [3.05, 3.63) is 22.6 Å². The van der Waals surface area contributed by atoms with Gasteiger partial charge in [-0.3, -0.25) is 0 Å². The van der Waals surface area contributed by atoms with E-state index in [-0.39, 0.29) is 0 Å². The predicted octanol–water partition coefficient (Wildman–Crippen LogP) is 2.50. The number of hydrogen-bond donors (Lipinski definition) is 2. The number of aliphatic hydroxyl groups is 1. The van der Waals surface area contributed by atoms with Crippen LogP contribution in [0.3, 0.4) is 0 Å². The molecule has 4 heteroatoms. The minimum Gasteiger partial charge on any atom is -0.465 e. The summed E-state index contributed by atoms with van der Waals surface area (Å²) in [6.07, 6.45) is 1.57. The summed E-state index contributed by atoms with van der Waals surface area (Å²) in [5.74, 6) is 1.14. The van der Waals surface area contributed by atoms with Gasteiger partial charge in [0.2, 0.25) is 0 Å². The predicted molar refractivity (Wildman–Crippen MR) is 63.7 cm³/mol. The van der Waals surface area contributed by atoms with E-state index >= 15 is 0 Å². The minimum absolute atomic E-state index is 0.483. The molecule has 0 saturated carbocycles. The molecule has 1 heterocycles. The second kappa shape index (κ2) is 5.14. The summed E-state index contributed by atoms with van der Waals surface area (Å²) < 4.78 is 6.05. The highest BCUT2D eigenvalue weighted by Crippen LogP contribution is 2.28. The maximum atomic E-state index is 10.2. The van der Waals surface area contributed by atoms with E-state index in [1.807, 2.05) is 0 Å².